The van der Waals surface area contributed by atoms with Crippen LogP contribution in [0.4, 0.5) is 0 Å². The lowest BCUT2D eigenvalue weighted by molar-refractivity contribution is -0.132. The van der Waals surface area contributed by atoms with Gasteiger partial charge in [0.05, 0.1) is 25.5 Å². The predicted molar refractivity (Wildman–Crippen MR) is 102 cm³/mol. The Hall–Kier alpha value is -3.34. The molecule has 4 rings (SSSR count). The van der Waals surface area contributed by atoms with Crippen LogP contribution in [0.3, 0.4) is 0 Å². The largest absolute Gasteiger partial charge is 0.467 e. The van der Waals surface area contributed by atoms with Crippen LogP contribution in [-0.2, 0) is 24.3 Å². The van der Waals surface area contributed by atoms with E-state index in [2.05, 4.69) is 4.98 Å². The van der Waals surface area contributed by atoms with E-state index in [0.717, 1.165) is 33.4 Å². The van der Waals surface area contributed by atoms with Crippen molar-refractivity contribution in [3.05, 3.63) is 89.8 Å². The molecule has 0 fully saturated rings. The van der Waals surface area contributed by atoms with Crippen LogP contribution in [0.15, 0.2) is 76.2 Å². The Labute approximate surface area is 157 Å². The van der Waals surface area contributed by atoms with E-state index in [1.807, 2.05) is 49.4 Å². The molecule has 27 heavy (non-hydrogen) atoms. The van der Waals surface area contributed by atoms with Crippen molar-refractivity contribution in [1.29, 1.82) is 0 Å². The van der Waals surface area contributed by atoms with Crippen LogP contribution in [-0.4, -0.2) is 15.8 Å². The molecule has 0 radical (unpaired) electrons. The van der Waals surface area contributed by atoms with Crippen molar-refractivity contribution in [3.63, 3.8) is 0 Å². The lowest BCUT2D eigenvalue weighted by Gasteiger charge is -2.21. The van der Waals surface area contributed by atoms with Gasteiger partial charge in [-0.15, -0.1) is 0 Å². The van der Waals surface area contributed by atoms with Gasteiger partial charge in [-0.25, -0.2) is 0 Å². The Balaban J connectivity index is 1.57. The molecule has 3 aromatic heterocycles. The number of aromatic nitrogens is 1. The Morgan fingerprint density at radius 2 is 2.04 bits per heavy atom. The molecule has 136 valence electrons. The zero-order valence-corrected chi connectivity index (χ0v) is 15.1. The topological polar surface area (TPSA) is 59.5 Å². The quantitative estimate of drug-likeness (QED) is 0.508. The van der Waals surface area contributed by atoms with Crippen LogP contribution in [0.2, 0.25) is 0 Å². The highest BCUT2D eigenvalue weighted by atomic mass is 16.3. The van der Waals surface area contributed by atoms with Crippen molar-refractivity contribution in [2.24, 2.45) is 0 Å². The summed E-state index contributed by atoms with van der Waals surface area (Å²) in [4.78, 5) is 19.0. The highest BCUT2D eigenvalue weighted by molar-refractivity contribution is 5.88. The van der Waals surface area contributed by atoms with Gasteiger partial charge in [0.25, 0.3) is 0 Å². The third-order valence-corrected chi connectivity index (χ3v) is 4.53. The second-order valence-corrected chi connectivity index (χ2v) is 6.63. The van der Waals surface area contributed by atoms with E-state index in [-0.39, 0.29) is 12.3 Å². The number of rotatable bonds is 6. The summed E-state index contributed by atoms with van der Waals surface area (Å²) in [5, 5.41) is 0.980. The molecule has 0 aliphatic rings. The number of nitrogens with zero attached hydrogens (tertiary/aromatic N) is 2. The molecule has 0 aliphatic heterocycles. The molecule has 0 atom stereocenters. The number of carbonyl (C=O) groups excluding carboxylic acids is 1. The van der Waals surface area contributed by atoms with E-state index in [1.54, 1.807) is 29.8 Å². The Morgan fingerprint density at radius 3 is 2.81 bits per heavy atom. The van der Waals surface area contributed by atoms with E-state index in [9.17, 15) is 4.79 Å². The van der Waals surface area contributed by atoms with Crippen molar-refractivity contribution < 1.29 is 13.6 Å². The average molecular weight is 360 g/mol. The first kappa shape index (κ1) is 17.1. The van der Waals surface area contributed by atoms with Crippen molar-refractivity contribution in [3.8, 4) is 0 Å². The number of hydrogen-bond donors (Lipinski definition) is 0. The maximum absolute atomic E-state index is 13.1. The maximum atomic E-state index is 13.1. The first-order chi connectivity index (χ1) is 13.2. The summed E-state index contributed by atoms with van der Waals surface area (Å²) >= 11 is 0. The third kappa shape index (κ3) is 3.92. The molecule has 5 nitrogen and oxygen atoms in total. The molecular formula is C22H20N2O3. The highest BCUT2D eigenvalue weighted by Gasteiger charge is 2.19. The summed E-state index contributed by atoms with van der Waals surface area (Å²) in [6.45, 7) is 2.91. The second-order valence-electron chi connectivity index (χ2n) is 6.63. The summed E-state index contributed by atoms with van der Waals surface area (Å²) in [5.74, 6) is 0.762. The number of carbonyl (C=O) groups is 1. The minimum absolute atomic E-state index is 0.0125. The first-order valence-electron chi connectivity index (χ1n) is 8.85. The number of aryl methyl sites for hydroxylation is 1. The summed E-state index contributed by atoms with van der Waals surface area (Å²) < 4.78 is 11.1. The molecule has 0 spiro atoms. The average Bonchev–Trinajstić information content (AvgIpc) is 3.32. The summed E-state index contributed by atoms with van der Waals surface area (Å²) in [7, 11) is 0. The van der Waals surface area contributed by atoms with Gasteiger partial charge in [-0.3, -0.25) is 9.78 Å². The van der Waals surface area contributed by atoms with E-state index >= 15 is 0 Å². The Morgan fingerprint density at radius 1 is 1.11 bits per heavy atom. The fourth-order valence-electron chi connectivity index (χ4n) is 3.14. The number of pyridine rings is 1. The minimum atomic E-state index is 0.0125. The molecule has 1 aromatic carbocycles. The van der Waals surface area contributed by atoms with Crippen LogP contribution in [0.5, 0.6) is 0 Å². The van der Waals surface area contributed by atoms with E-state index in [0.29, 0.717) is 13.1 Å². The van der Waals surface area contributed by atoms with E-state index in [4.69, 9.17) is 8.83 Å². The normalized spacial score (nSPS) is 11.0. The number of benzene rings is 1. The summed E-state index contributed by atoms with van der Waals surface area (Å²) in [6, 6.07) is 13.6. The molecule has 0 unspecified atom stereocenters. The number of amides is 1. The van der Waals surface area contributed by atoms with Gasteiger partial charge in [0.1, 0.15) is 11.3 Å². The molecule has 4 aromatic rings. The van der Waals surface area contributed by atoms with Gasteiger partial charge < -0.3 is 13.7 Å². The van der Waals surface area contributed by atoms with Gasteiger partial charge in [0, 0.05) is 29.9 Å². The van der Waals surface area contributed by atoms with Gasteiger partial charge in [0.15, 0.2) is 0 Å². The van der Waals surface area contributed by atoms with Crippen molar-refractivity contribution >= 4 is 16.9 Å². The van der Waals surface area contributed by atoms with Crippen molar-refractivity contribution in [2.75, 3.05) is 0 Å². The predicted octanol–water partition coefficient (Wildman–Crippen LogP) is 4.50. The van der Waals surface area contributed by atoms with Crippen LogP contribution in [0.1, 0.15) is 22.5 Å². The van der Waals surface area contributed by atoms with Gasteiger partial charge >= 0.3 is 0 Å². The van der Waals surface area contributed by atoms with E-state index < -0.39 is 0 Å². The van der Waals surface area contributed by atoms with Crippen LogP contribution in [0, 0.1) is 6.92 Å². The summed E-state index contributed by atoms with van der Waals surface area (Å²) in [5.41, 5.74) is 3.81. The highest BCUT2D eigenvalue weighted by Crippen LogP contribution is 2.23. The zero-order valence-electron chi connectivity index (χ0n) is 15.1. The second kappa shape index (κ2) is 7.50. The molecule has 0 saturated carbocycles. The number of fused-ring (bicyclic) bond motifs is 1. The van der Waals surface area contributed by atoms with E-state index in [1.165, 1.54) is 0 Å². The SMILES string of the molecule is Cc1ccc2c(CC(=O)N(Cc3cccnc3)Cc3ccco3)coc2c1. The fraction of sp³-hybridized carbons (Fsp3) is 0.182. The Bertz CT molecular complexity index is 1040. The minimum Gasteiger partial charge on any atom is -0.467 e. The molecule has 0 N–H and O–H groups in total. The molecule has 1 amide bonds. The van der Waals surface area contributed by atoms with Crippen LogP contribution in [0.25, 0.3) is 11.0 Å². The summed E-state index contributed by atoms with van der Waals surface area (Å²) in [6.07, 6.45) is 7.07. The standard InChI is InChI=1S/C22H20N2O3/c1-16-6-7-20-18(15-27-21(20)10-16)11-22(25)24(14-19-5-3-9-26-19)13-17-4-2-8-23-12-17/h2-10,12,15H,11,13-14H2,1H3. The molecule has 0 aliphatic carbocycles. The monoisotopic (exact) mass is 360 g/mol. The molecule has 3 heterocycles. The number of furan rings is 2. The molecule has 0 saturated heterocycles. The third-order valence-electron chi connectivity index (χ3n) is 4.53. The molecule has 0 bridgehead atoms. The van der Waals surface area contributed by atoms with Gasteiger partial charge in [-0.2, -0.15) is 0 Å². The van der Waals surface area contributed by atoms with Crippen LogP contribution >= 0.6 is 0 Å². The van der Waals surface area contributed by atoms with Crippen molar-refractivity contribution in [1.82, 2.24) is 9.88 Å². The fourth-order valence-corrected chi connectivity index (χ4v) is 3.14. The Kier molecular flexibility index (Phi) is 4.75. The van der Waals surface area contributed by atoms with Gasteiger partial charge in [-0.05, 0) is 42.3 Å². The lowest BCUT2D eigenvalue weighted by atomic mass is 10.1. The molecule has 5 heteroatoms. The number of hydrogen-bond acceptors (Lipinski definition) is 4. The van der Waals surface area contributed by atoms with Gasteiger partial charge in [-0.1, -0.05) is 18.2 Å². The molecular weight excluding hydrogens is 340 g/mol. The maximum Gasteiger partial charge on any atom is 0.227 e. The smallest absolute Gasteiger partial charge is 0.227 e. The first-order valence-corrected chi connectivity index (χ1v) is 8.85. The van der Waals surface area contributed by atoms with Gasteiger partial charge in [0.2, 0.25) is 5.91 Å². The van der Waals surface area contributed by atoms with Crippen LogP contribution < -0.4 is 0 Å². The lowest BCUT2D eigenvalue weighted by Crippen LogP contribution is -2.31. The van der Waals surface area contributed by atoms with Crippen molar-refractivity contribution in [2.45, 2.75) is 26.4 Å². The zero-order chi connectivity index (χ0) is 18.6.